The molecule has 1 saturated carbocycles. The van der Waals surface area contributed by atoms with E-state index in [4.69, 9.17) is 4.74 Å². The Hall–Kier alpha value is -1.20. The van der Waals surface area contributed by atoms with Gasteiger partial charge in [-0.05, 0) is 49.8 Å². The summed E-state index contributed by atoms with van der Waals surface area (Å²) in [5.74, 6) is 1.73. The van der Waals surface area contributed by atoms with Gasteiger partial charge < -0.3 is 10.1 Å². The fourth-order valence-corrected chi connectivity index (χ4v) is 3.45. The lowest BCUT2D eigenvalue weighted by molar-refractivity contribution is -0.00221. The van der Waals surface area contributed by atoms with Crippen LogP contribution in [0.1, 0.15) is 25.7 Å². The number of rotatable bonds is 3. The van der Waals surface area contributed by atoms with Gasteiger partial charge in [0.1, 0.15) is 12.1 Å². The molecule has 1 N–H and O–H groups in total. The predicted molar refractivity (Wildman–Crippen MR) is 86.3 cm³/mol. The molecule has 2 unspecified atom stereocenters. The molecular formula is C16H18BrN3O. The zero-order chi connectivity index (χ0) is 14.2. The molecule has 5 heteroatoms. The molecule has 2 aromatic rings. The maximum atomic E-state index is 5.90. The van der Waals surface area contributed by atoms with Crippen LogP contribution >= 0.6 is 15.9 Å². The summed E-state index contributed by atoms with van der Waals surface area (Å²) in [5.41, 5.74) is 0.974. The first-order valence-corrected chi connectivity index (χ1v) is 8.37. The minimum Gasteiger partial charge on any atom is -0.378 e. The molecule has 4 nitrogen and oxygen atoms in total. The summed E-state index contributed by atoms with van der Waals surface area (Å²) in [6.45, 7) is 0.853. The SMILES string of the molecule is Brc1ccc2ncnc(NC3CCOC(C4CC4)C3)c2c1. The molecule has 2 atom stereocenters. The third kappa shape index (κ3) is 2.90. The number of hydrogen-bond donors (Lipinski definition) is 1. The number of anilines is 1. The van der Waals surface area contributed by atoms with Crippen LogP contribution in [0.15, 0.2) is 29.0 Å². The van der Waals surface area contributed by atoms with Gasteiger partial charge in [0.2, 0.25) is 0 Å². The van der Waals surface area contributed by atoms with Crippen molar-refractivity contribution in [2.45, 2.75) is 37.8 Å². The molecule has 1 saturated heterocycles. The highest BCUT2D eigenvalue weighted by molar-refractivity contribution is 9.10. The van der Waals surface area contributed by atoms with Crippen molar-refractivity contribution in [3.05, 3.63) is 29.0 Å². The van der Waals surface area contributed by atoms with Crippen LogP contribution in [0, 0.1) is 5.92 Å². The van der Waals surface area contributed by atoms with E-state index in [1.54, 1.807) is 6.33 Å². The lowest BCUT2D eigenvalue weighted by atomic mass is 10.00. The number of benzene rings is 1. The number of aromatic nitrogens is 2. The Morgan fingerprint density at radius 3 is 2.95 bits per heavy atom. The fourth-order valence-electron chi connectivity index (χ4n) is 3.09. The number of nitrogens with one attached hydrogen (secondary N) is 1. The number of nitrogens with zero attached hydrogens (tertiary/aromatic N) is 2. The zero-order valence-electron chi connectivity index (χ0n) is 11.8. The molecule has 21 heavy (non-hydrogen) atoms. The van der Waals surface area contributed by atoms with E-state index in [0.29, 0.717) is 12.1 Å². The van der Waals surface area contributed by atoms with Gasteiger partial charge in [-0.15, -0.1) is 0 Å². The number of halogens is 1. The minimum atomic E-state index is 0.441. The van der Waals surface area contributed by atoms with E-state index in [1.807, 2.05) is 12.1 Å². The molecule has 110 valence electrons. The van der Waals surface area contributed by atoms with Crippen molar-refractivity contribution < 1.29 is 4.74 Å². The average Bonchev–Trinajstić information content (AvgIpc) is 3.33. The fraction of sp³-hybridized carbons (Fsp3) is 0.500. The highest BCUT2D eigenvalue weighted by atomic mass is 79.9. The molecule has 1 aromatic heterocycles. The zero-order valence-corrected chi connectivity index (χ0v) is 13.3. The van der Waals surface area contributed by atoms with E-state index in [2.05, 4.69) is 37.3 Å². The lowest BCUT2D eigenvalue weighted by Crippen LogP contribution is -2.35. The molecule has 0 spiro atoms. The molecule has 1 aromatic carbocycles. The molecule has 4 rings (SSSR count). The second kappa shape index (κ2) is 5.54. The Kier molecular flexibility index (Phi) is 3.55. The van der Waals surface area contributed by atoms with Crippen LogP contribution in [-0.2, 0) is 4.74 Å². The van der Waals surface area contributed by atoms with Gasteiger partial charge in [0.15, 0.2) is 0 Å². The maximum absolute atomic E-state index is 5.90. The Bertz CT molecular complexity index is 659. The first-order chi connectivity index (χ1) is 10.3. The van der Waals surface area contributed by atoms with Crippen molar-refractivity contribution in [2.75, 3.05) is 11.9 Å². The number of hydrogen-bond acceptors (Lipinski definition) is 4. The topological polar surface area (TPSA) is 47.0 Å². The quantitative estimate of drug-likeness (QED) is 0.918. The third-order valence-electron chi connectivity index (χ3n) is 4.40. The first kappa shape index (κ1) is 13.5. The van der Waals surface area contributed by atoms with Gasteiger partial charge in [-0.3, -0.25) is 0 Å². The summed E-state index contributed by atoms with van der Waals surface area (Å²) in [4.78, 5) is 8.78. The van der Waals surface area contributed by atoms with Gasteiger partial charge in [-0.2, -0.15) is 0 Å². The summed E-state index contributed by atoms with van der Waals surface area (Å²) >= 11 is 3.53. The molecule has 2 heterocycles. The van der Waals surface area contributed by atoms with Crippen molar-refractivity contribution in [1.29, 1.82) is 0 Å². The van der Waals surface area contributed by atoms with E-state index in [-0.39, 0.29) is 0 Å². The van der Waals surface area contributed by atoms with Crippen molar-refractivity contribution in [3.8, 4) is 0 Å². The smallest absolute Gasteiger partial charge is 0.137 e. The van der Waals surface area contributed by atoms with Crippen LogP contribution < -0.4 is 5.32 Å². The minimum absolute atomic E-state index is 0.441. The second-order valence-corrected chi connectivity index (χ2v) is 6.91. The Morgan fingerprint density at radius 2 is 2.10 bits per heavy atom. The van der Waals surface area contributed by atoms with Crippen LogP contribution in [-0.4, -0.2) is 28.7 Å². The normalized spacial score (nSPS) is 26.0. The van der Waals surface area contributed by atoms with Crippen molar-refractivity contribution in [1.82, 2.24) is 9.97 Å². The standard InChI is InChI=1S/C16H18BrN3O/c17-11-3-4-14-13(7-11)16(19-9-18-14)20-12-5-6-21-15(8-12)10-1-2-10/h3-4,7,9-10,12,15H,1-2,5-6,8H2,(H,18,19,20). The van der Waals surface area contributed by atoms with Crippen LogP contribution in [0.25, 0.3) is 10.9 Å². The van der Waals surface area contributed by atoms with E-state index < -0.39 is 0 Å². The molecule has 0 amide bonds. The van der Waals surface area contributed by atoms with E-state index in [0.717, 1.165) is 46.6 Å². The first-order valence-electron chi connectivity index (χ1n) is 7.58. The van der Waals surface area contributed by atoms with Gasteiger partial charge >= 0.3 is 0 Å². The molecule has 2 aliphatic rings. The van der Waals surface area contributed by atoms with Gasteiger partial charge in [0.05, 0.1) is 11.6 Å². The van der Waals surface area contributed by atoms with Crippen molar-refractivity contribution in [3.63, 3.8) is 0 Å². The largest absolute Gasteiger partial charge is 0.378 e. The monoisotopic (exact) mass is 347 g/mol. The highest BCUT2D eigenvalue weighted by Gasteiger charge is 2.35. The number of ether oxygens (including phenoxy) is 1. The van der Waals surface area contributed by atoms with Crippen molar-refractivity contribution >= 4 is 32.7 Å². The summed E-state index contributed by atoms with van der Waals surface area (Å²) in [6.07, 6.45) is 6.88. The Labute approximate surface area is 132 Å². The van der Waals surface area contributed by atoms with Gasteiger partial charge in [0.25, 0.3) is 0 Å². The molecule has 0 radical (unpaired) electrons. The second-order valence-electron chi connectivity index (χ2n) is 6.00. The molecule has 0 bridgehead atoms. The Morgan fingerprint density at radius 1 is 1.19 bits per heavy atom. The molecule has 2 fully saturated rings. The van der Waals surface area contributed by atoms with Gasteiger partial charge in [-0.1, -0.05) is 15.9 Å². The molecule has 1 aliphatic heterocycles. The predicted octanol–water partition coefficient (Wildman–Crippen LogP) is 3.76. The van der Waals surface area contributed by atoms with Crippen LogP contribution in [0.5, 0.6) is 0 Å². The molecule has 1 aliphatic carbocycles. The van der Waals surface area contributed by atoms with E-state index >= 15 is 0 Å². The third-order valence-corrected chi connectivity index (χ3v) is 4.89. The molecular weight excluding hydrogens is 330 g/mol. The summed E-state index contributed by atoms with van der Waals surface area (Å²) < 4.78 is 6.95. The highest BCUT2D eigenvalue weighted by Crippen LogP contribution is 2.38. The van der Waals surface area contributed by atoms with Crippen LogP contribution in [0.4, 0.5) is 5.82 Å². The van der Waals surface area contributed by atoms with Crippen LogP contribution in [0.3, 0.4) is 0 Å². The number of fused-ring (bicyclic) bond motifs is 1. The summed E-state index contributed by atoms with van der Waals surface area (Å²) in [5, 5.41) is 4.68. The summed E-state index contributed by atoms with van der Waals surface area (Å²) in [6, 6.07) is 6.55. The van der Waals surface area contributed by atoms with E-state index in [9.17, 15) is 0 Å². The lowest BCUT2D eigenvalue weighted by Gasteiger charge is -2.30. The van der Waals surface area contributed by atoms with Gasteiger partial charge in [0, 0.05) is 22.5 Å². The van der Waals surface area contributed by atoms with E-state index in [1.165, 1.54) is 12.8 Å². The van der Waals surface area contributed by atoms with Gasteiger partial charge in [-0.25, -0.2) is 9.97 Å². The Balaban J connectivity index is 1.57. The van der Waals surface area contributed by atoms with Crippen LogP contribution in [0.2, 0.25) is 0 Å². The van der Waals surface area contributed by atoms with Crippen molar-refractivity contribution in [2.24, 2.45) is 5.92 Å². The maximum Gasteiger partial charge on any atom is 0.137 e. The average molecular weight is 348 g/mol. The summed E-state index contributed by atoms with van der Waals surface area (Å²) in [7, 11) is 0.